The molecule has 0 aliphatic rings. The molecule has 70 valence electrons. The second-order valence-corrected chi connectivity index (χ2v) is 3.47. The number of carbonyl (C=O) groups excluding carboxylic acids is 1. The summed E-state index contributed by atoms with van der Waals surface area (Å²) in [4.78, 5) is 10.5. The van der Waals surface area contributed by atoms with Crippen molar-refractivity contribution in [2.24, 2.45) is 5.73 Å². The van der Waals surface area contributed by atoms with Gasteiger partial charge >= 0.3 is 0 Å². The normalized spacial score (nSPS) is 9.62. The summed E-state index contributed by atoms with van der Waals surface area (Å²) < 4.78 is 0.897. The summed E-state index contributed by atoms with van der Waals surface area (Å²) in [7, 11) is 0. The number of amides is 1. The van der Waals surface area contributed by atoms with E-state index in [1.165, 1.54) is 0 Å². The van der Waals surface area contributed by atoms with Crippen molar-refractivity contribution in [3.63, 3.8) is 0 Å². The average molecular weight is 244 g/mol. The number of primary amides is 1. The van der Waals surface area contributed by atoms with Gasteiger partial charge in [-0.3, -0.25) is 4.79 Å². The van der Waals surface area contributed by atoms with Crippen LogP contribution < -0.4 is 16.8 Å². The number of nitrogens with two attached hydrogens (primary N) is 2. The molecule has 1 aromatic carbocycles. The first-order chi connectivity index (χ1) is 6.09. The van der Waals surface area contributed by atoms with Gasteiger partial charge in [-0.05, 0) is 18.2 Å². The number of anilines is 2. The Bertz CT molecular complexity index is 327. The van der Waals surface area contributed by atoms with Gasteiger partial charge in [0.05, 0.1) is 17.9 Å². The van der Waals surface area contributed by atoms with E-state index in [1.807, 2.05) is 6.07 Å². The molecule has 0 aliphatic carbocycles. The molecule has 1 aromatic rings. The molecule has 0 bridgehead atoms. The van der Waals surface area contributed by atoms with Crippen LogP contribution in [0.3, 0.4) is 0 Å². The van der Waals surface area contributed by atoms with Gasteiger partial charge in [-0.15, -0.1) is 0 Å². The summed E-state index contributed by atoms with van der Waals surface area (Å²) in [5, 5.41) is 2.82. The van der Waals surface area contributed by atoms with Gasteiger partial charge in [0, 0.05) is 4.47 Å². The van der Waals surface area contributed by atoms with Crippen molar-refractivity contribution in [1.82, 2.24) is 0 Å². The van der Waals surface area contributed by atoms with Gasteiger partial charge in [0.1, 0.15) is 0 Å². The smallest absolute Gasteiger partial charge is 0.236 e. The van der Waals surface area contributed by atoms with Crippen LogP contribution in [-0.4, -0.2) is 12.5 Å². The van der Waals surface area contributed by atoms with E-state index < -0.39 is 5.91 Å². The lowest BCUT2D eigenvalue weighted by atomic mass is 10.2. The Hall–Kier alpha value is -1.23. The summed E-state index contributed by atoms with van der Waals surface area (Å²) in [6.45, 7) is 0.0840. The van der Waals surface area contributed by atoms with Gasteiger partial charge in [0.2, 0.25) is 5.91 Å². The molecule has 0 atom stereocenters. The Labute approximate surface area is 84.4 Å². The van der Waals surface area contributed by atoms with Crippen LogP contribution in [0, 0.1) is 0 Å². The third-order valence-corrected chi connectivity index (χ3v) is 1.96. The molecule has 5 N–H and O–H groups in total. The molecular weight excluding hydrogens is 234 g/mol. The van der Waals surface area contributed by atoms with Crippen LogP contribution in [0.15, 0.2) is 22.7 Å². The monoisotopic (exact) mass is 243 g/mol. The Morgan fingerprint density at radius 2 is 2.23 bits per heavy atom. The predicted molar refractivity (Wildman–Crippen MR) is 56.2 cm³/mol. The van der Waals surface area contributed by atoms with E-state index >= 15 is 0 Å². The van der Waals surface area contributed by atoms with Crippen LogP contribution in [0.2, 0.25) is 0 Å². The minimum Gasteiger partial charge on any atom is -0.397 e. The van der Waals surface area contributed by atoms with Crippen molar-refractivity contribution in [1.29, 1.82) is 0 Å². The van der Waals surface area contributed by atoms with Crippen molar-refractivity contribution in [2.45, 2.75) is 0 Å². The summed E-state index contributed by atoms with van der Waals surface area (Å²) in [5.41, 5.74) is 11.9. The van der Waals surface area contributed by atoms with Crippen LogP contribution in [0.4, 0.5) is 11.4 Å². The summed E-state index contributed by atoms with van der Waals surface area (Å²) in [6.07, 6.45) is 0. The topological polar surface area (TPSA) is 81.1 Å². The first-order valence-corrected chi connectivity index (χ1v) is 4.46. The molecule has 0 fully saturated rings. The second kappa shape index (κ2) is 4.13. The van der Waals surface area contributed by atoms with E-state index in [9.17, 15) is 4.79 Å². The highest BCUT2D eigenvalue weighted by Crippen LogP contribution is 2.22. The minimum absolute atomic E-state index is 0.0840. The Morgan fingerprint density at radius 1 is 1.54 bits per heavy atom. The molecule has 0 radical (unpaired) electrons. The number of benzene rings is 1. The number of hydrogen-bond donors (Lipinski definition) is 3. The van der Waals surface area contributed by atoms with Gasteiger partial charge in [-0.1, -0.05) is 15.9 Å². The third-order valence-electron chi connectivity index (χ3n) is 1.47. The van der Waals surface area contributed by atoms with Crippen molar-refractivity contribution in [2.75, 3.05) is 17.6 Å². The quantitative estimate of drug-likeness (QED) is 0.692. The molecule has 13 heavy (non-hydrogen) atoms. The average Bonchev–Trinajstić information content (AvgIpc) is 2.06. The van der Waals surface area contributed by atoms with E-state index in [-0.39, 0.29) is 6.54 Å². The summed E-state index contributed by atoms with van der Waals surface area (Å²) in [5.74, 6) is -0.417. The van der Waals surface area contributed by atoms with Crippen molar-refractivity contribution in [3.8, 4) is 0 Å². The number of carbonyl (C=O) groups is 1. The van der Waals surface area contributed by atoms with Crippen LogP contribution in [0.25, 0.3) is 0 Å². The lowest BCUT2D eigenvalue weighted by Crippen LogP contribution is -2.22. The van der Waals surface area contributed by atoms with E-state index in [4.69, 9.17) is 11.5 Å². The molecular formula is C8H10BrN3O. The molecule has 5 heteroatoms. The van der Waals surface area contributed by atoms with Crippen LogP contribution in [0.5, 0.6) is 0 Å². The summed E-state index contributed by atoms with van der Waals surface area (Å²) >= 11 is 3.29. The van der Waals surface area contributed by atoms with Gasteiger partial charge < -0.3 is 16.8 Å². The largest absolute Gasteiger partial charge is 0.397 e. The fourth-order valence-corrected chi connectivity index (χ4v) is 1.23. The molecule has 0 aromatic heterocycles. The molecule has 0 saturated carbocycles. The molecule has 0 unspecified atom stereocenters. The number of nitrogen functional groups attached to an aromatic ring is 1. The van der Waals surface area contributed by atoms with E-state index in [2.05, 4.69) is 21.2 Å². The Balaban J connectivity index is 2.75. The first-order valence-electron chi connectivity index (χ1n) is 3.67. The first kappa shape index (κ1) is 9.85. The fourth-order valence-electron chi connectivity index (χ4n) is 0.864. The van der Waals surface area contributed by atoms with Gasteiger partial charge in [-0.2, -0.15) is 0 Å². The predicted octanol–water partition coefficient (Wildman–Crippen LogP) is 0.928. The fraction of sp³-hybridized carbons (Fsp3) is 0.125. The van der Waals surface area contributed by atoms with Crippen LogP contribution in [0.1, 0.15) is 0 Å². The highest BCUT2D eigenvalue weighted by atomic mass is 79.9. The van der Waals surface area contributed by atoms with Crippen LogP contribution in [-0.2, 0) is 4.79 Å². The molecule has 0 heterocycles. The zero-order valence-electron chi connectivity index (χ0n) is 6.88. The second-order valence-electron chi connectivity index (χ2n) is 2.55. The number of nitrogens with one attached hydrogen (secondary N) is 1. The lowest BCUT2D eigenvalue weighted by Gasteiger charge is -2.07. The summed E-state index contributed by atoms with van der Waals surface area (Å²) in [6, 6.07) is 5.36. The lowest BCUT2D eigenvalue weighted by molar-refractivity contribution is -0.116. The van der Waals surface area contributed by atoms with Gasteiger partial charge in [-0.25, -0.2) is 0 Å². The maximum absolute atomic E-state index is 10.5. The number of halogens is 1. The number of hydrogen-bond acceptors (Lipinski definition) is 3. The molecule has 0 saturated heterocycles. The van der Waals surface area contributed by atoms with E-state index in [0.29, 0.717) is 11.4 Å². The standard InChI is InChI=1S/C8H10BrN3O/c9-5-1-2-6(10)7(3-5)12-4-8(11)13/h1-3,12H,4,10H2,(H2,11,13). The molecule has 0 spiro atoms. The van der Waals surface area contributed by atoms with Crippen molar-refractivity contribution in [3.05, 3.63) is 22.7 Å². The third kappa shape index (κ3) is 2.95. The zero-order valence-corrected chi connectivity index (χ0v) is 8.47. The van der Waals surface area contributed by atoms with Crippen molar-refractivity contribution >= 4 is 33.2 Å². The molecule has 0 aliphatic heterocycles. The maximum atomic E-state index is 10.5. The Kier molecular flexibility index (Phi) is 3.13. The molecule has 4 nitrogen and oxygen atoms in total. The van der Waals surface area contributed by atoms with Gasteiger partial charge in [0.15, 0.2) is 0 Å². The zero-order chi connectivity index (χ0) is 9.84. The maximum Gasteiger partial charge on any atom is 0.236 e. The van der Waals surface area contributed by atoms with Gasteiger partial charge in [0.25, 0.3) is 0 Å². The van der Waals surface area contributed by atoms with Crippen molar-refractivity contribution < 1.29 is 4.79 Å². The van der Waals surface area contributed by atoms with Crippen LogP contribution >= 0.6 is 15.9 Å². The molecule has 1 amide bonds. The molecule has 1 rings (SSSR count). The highest BCUT2D eigenvalue weighted by Gasteiger charge is 2.00. The number of rotatable bonds is 3. The van der Waals surface area contributed by atoms with E-state index in [0.717, 1.165) is 4.47 Å². The van der Waals surface area contributed by atoms with E-state index in [1.54, 1.807) is 12.1 Å². The minimum atomic E-state index is -0.417. The Morgan fingerprint density at radius 3 is 2.85 bits per heavy atom. The highest BCUT2D eigenvalue weighted by molar-refractivity contribution is 9.10. The SMILES string of the molecule is NC(=O)CNc1cc(Br)ccc1N.